The maximum atomic E-state index is 5.69. The molecule has 0 aromatic heterocycles. The molecule has 0 amide bonds. The molecular weight excluding hydrogens is 188 g/mol. The molecule has 0 radical (unpaired) electrons. The Kier molecular flexibility index (Phi) is 4.87. The minimum absolute atomic E-state index is 0.175. The maximum Gasteiger partial charge on any atom is 0.118 e. The summed E-state index contributed by atoms with van der Waals surface area (Å²) >= 11 is 0. The lowest BCUT2D eigenvalue weighted by molar-refractivity contribution is 0.414. The van der Waals surface area contributed by atoms with E-state index in [-0.39, 0.29) is 6.04 Å². The Morgan fingerprint density at radius 2 is 2.13 bits per heavy atom. The molecule has 0 fully saturated rings. The van der Waals surface area contributed by atoms with Gasteiger partial charge in [0.1, 0.15) is 5.75 Å². The third-order valence-corrected chi connectivity index (χ3v) is 2.26. The van der Waals surface area contributed by atoms with Gasteiger partial charge in [-0.05, 0) is 17.7 Å². The summed E-state index contributed by atoms with van der Waals surface area (Å²) in [7, 11) is 1.66. The number of methoxy groups -OCH3 is 1. The number of hydrogen-bond donors (Lipinski definition) is 2. The van der Waals surface area contributed by atoms with Gasteiger partial charge in [0.15, 0.2) is 0 Å². The summed E-state index contributed by atoms with van der Waals surface area (Å²) in [5, 5.41) is 3.29. The molecule has 3 nitrogen and oxygen atoms in total. The number of benzene rings is 1. The third-order valence-electron chi connectivity index (χ3n) is 2.26. The molecule has 3 heteroatoms. The van der Waals surface area contributed by atoms with Crippen molar-refractivity contribution < 1.29 is 4.74 Å². The van der Waals surface area contributed by atoms with Gasteiger partial charge in [0.2, 0.25) is 0 Å². The summed E-state index contributed by atoms with van der Waals surface area (Å²) in [6.45, 7) is 4.99. The van der Waals surface area contributed by atoms with Crippen LogP contribution in [0.1, 0.15) is 11.6 Å². The van der Waals surface area contributed by atoms with E-state index < -0.39 is 0 Å². The minimum Gasteiger partial charge on any atom is -0.497 e. The first-order valence-electron chi connectivity index (χ1n) is 5.00. The van der Waals surface area contributed by atoms with Gasteiger partial charge in [0, 0.05) is 19.1 Å². The number of nitrogens with one attached hydrogen (secondary N) is 1. The van der Waals surface area contributed by atoms with Gasteiger partial charge in [-0.3, -0.25) is 0 Å². The van der Waals surface area contributed by atoms with E-state index in [0.717, 1.165) is 12.3 Å². The van der Waals surface area contributed by atoms with Crippen molar-refractivity contribution in [1.82, 2.24) is 5.32 Å². The van der Waals surface area contributed by atoms with Crippen molar-refractivity contribution in [1.29, 1.82) is 0 Å². The smallest absolute Gasteiger partial charge is 0.118 e. The van der Waals surface area contributed by atoms with Gasteiger partial charge in [-0.15, -0.1) is 6.58 Å². The van der Waals surface area contributed by atoms with Crippen LogP contribution in [0.25, 0.3) is 0 Å². The van der Waals surface area contributed by atoms with Crippen LogP contribution in [-0.4, -0.2) is 20.2 Å². The zero-order chi connectivity index (χ0) is 11.1. The summed E-state index contributed by atoms with van der Waals surface area (Å²) in [6, 6.07) is 8.09. The average molecular weight is 206 g/mol. The van der Waals surface area contributed by atoms with Crippen molar-refractivity contribution in [3.63, 3.8) is 0 Å². The Labute approximate surface area is 90.9 Å². The first-order chi connectivity index (χ1) is 7.31. The summed E-state index contributed by atoms with van der Waals surface area (Å²) in [6.07, 6.45) is 1.83. The Bertz CT molecular complexity index is 295. The molecule has 1 rings (SSSR count). The molecule has 1 atom stereocenters. The predicted molar refractivity (Wildman–Crippen MR) is 63.0 cm³/mol. The molecular formula is C12H18N2O. The van der Waals surface area contributed by atoms with Crippen LogP contribution in [0.5, 0.6) is 5.75 Å². The van der Waals surface area contributed by atoms with Crippen molar-refractivity contribution in [2.45, 2.75) is 6.04 Å². The van der Waals surface area contributed by atoms with Crippen LogP contribution in [0.15, 0.2) is 36.9 Å². The lowest BCUT2D eigenvalue weighted by atomic mass is 10.1. The second-order valence-corrected chi connectivity index (χ2v) is 3.26. The molecule has 0 bridgehead atoms. The van der Waals surface area contributed by atoms with Crippen LogP contribution < -0.4 is 15.8 Å². The minimum atomic E-state index is 0.175. The third kappa shape index (κ3) is 3.38. The van der Waals surface area contributed by atoms with E-state index >= 15 is 0 Å². The molecule has 15 heavy (non-hydrogen) atoms. The molecule has 82 valence electrons. The van der Waals surface area contributed by atoms with Crippen LogP contribution in [-0.2, 0) is 0 Å². The van der Waals surface area contributed by atoms with E-state index in [1.54, 1.807) is 7.11 Å². The van der Waals surface area contributed by atoms with Gasteiger partial charge in [-0.1, -0.05) is 18.2 Å². The number of hydrogen-bond acceptors (Lipinski definition) is 3. The highest BCUT2D eigenvalue weighted by atomic mass is 16.5. The maximum absolute atomic E-state index is 5.69. The second kappa shape index (κ2) is 6.22. The highest BCUT2D eigenvalue weighted by Crippen LogP contribution is 2.16. The van der Waals surface area contributed by atoms with E-state index in [2.05, 4.69) is 11.9 Å². The van der Waals surface area contributed by atoms with Crippen LogP contribution in [0.4, 0.5) is 0 Å². The molecule has 0 saturated heterocycles. The van der Waals surface area contributed by atoms with Crippen molar-refractivity contribution in [3.8, 4) is 5.75 Å². The fourth-order valence-electron chi connectivity index (χ4n) is 1.40. The summed E-state index contributed by atoms with van der Waals surface area (Å²) in [5.41, 5.74) is 6.85. The predicted octanol–water partition coefficient (Wildman–Crippen LogP) is 1.47. The summed E-state index contributed by atoms with van der Waals surface area (Å²) in [4.78, 5) is 0. The first-order valence-corrected chi connectivity index (χ1v) is 5.00. The van der Waals surface area contributed by atoms with E-state index in [0.29, 0.717) is 6.54 Å². The summed E-state index contributed by atoms with van der Waals surface area (Å²) in [5.74, 6) is 0.859. The van der Waals surface area contributed by atoms with E-state index in [4.69, 9.17) is 10.5 Å². The fraction of sp³-hybridized carbons (Fsp3) is 0.333. The molecule has 0 spiro atoms. The van der Waals surface area contributed by atoms with Gasteiger partial charge < -0.3 is 15.8 Å². The Morgan fingerprint density at radius 1 is 1.47 bits per heavy atom. The average Bonchev–Trinajstić information content (AvgIpc) is 2.31. The fourth-order valence-corrected chi connectivity index (χ4v) is 1.40. The Balaban J connectivity index is 2.69. The normalized spacial score (nSPS) is 12.1. The molecule has 1 unspecified atom stereocenters. The van der Waals surface area contributed by atoms with E-state index in [1.165, 1.54) is 5.56 Å². The molecule has 1 aromatic rings. The number of ether oxygens (including phenoxy) is 1. The monoisotopic (exact) mass is 206 g/mol. The molecule has 1 aromatic carbocycles. The zero-order valence-electron chi connectivity index (χ0n) is 9.07. The van der Waals surface area contributed by atoms with Crippen LogP contribution in [0, 0.1) is 0 Å². The highest BCUT2D eigenvalue weighted by molar-refractivity contribution is 5.29. The highest BCUT2D eigenvalue weighted by Gasteiger charge is 2.07. The first kappa shape index (κ1) is 11.8. The quantitative estimate of drug-likeness (QED) is 0.693. The van der Waals surface area contributed by atoms with Crippen LogP contribution in [0.2, 0.25) is 0 Å². The van der Waals surface area contributed by atoms with Gasteiger partial charge >= 0.3 is 0 Å². The summed E-state index contributed by atoms with van der Waals surface area (Å²) < 4.78 is 5.10. The molecule has 0 saturated carbocycles. The van der Waals surface area contributed by atoms with E-state index in [1.807, 2.05) is 30.3 Å². The van der Waals surface area contributed by atoms with Crippen molar-refractivity contribution in [3.05, 3.63) is 42.5 Å². The van der Waals surface area contributed by atoms with Gasteiger partial charge in [-0.2, -0.15) is 0 Å². The molecule has 0 aliphatic carbocycles. The zero-order valence-corrected chi connectivity index (χ0v) is 9.07. The molecule has 0 aliphatic rings. The van der Waals surface area contributed by atoms with Crippen LogP contribution >= 0.6 is 0 Å². The van der Waals surface area contributed by atoms with Gasteiger partial charge in [0.25, 0.3) is 0 Å². The molecule has 0 aliphatic heterocycles. The van der Waals surface area contributed by atoms with Gasteiger partial charge in [0.05, 0.1) is 7.11 Å². The Morgan fingerprint density at radius 3 is 2.60 bits per heavy atom. The number of rotatable bonds is 6. The molecule has 3 N–H and O–H groups in total. The topological polar surface area (TPSA) is 47.3 Å². The van der Waals surface area contributed by atoms with Crippen molar-refractivity contribution in [2.24, 2.45) is 5.73 Å². The second-order valence-electron chi connectivity index (χ2n) is 3.26. The SMILES string of the molecule is C=CCNC(CN)c1ccc(OC)cc1. The van der Waals surface area contributed by atoms with Crippen molar-refractivity contribution >= 4 is 0 Å². The lowest BCUT2D eigenvalue weighted by Gasteiger charge is -2.16. The van der Waals surface area contributed by atoms with Crippen LogP contribution in [0.3, 0.4) is 0 Å². The van der Waals surface area contributed by atoms with Gasteiger partial charge in [-0.25, -0.2) is 0 Å². The lowest BCUT2D eigenvalue weighted by Crippen LogP contribution is -2.28. The van der Waals surface area contributed by atoms with E-state index in [9.17, 15) is 0 Å². The Hall–Kier alpha value is -1.32. The molecule has 0 heterocycles. The van der Waals surface area contributed by atoms with Crippen molar-refractivity contribution in [2.75, 3.05) is 20.2 Å². The largest absolute Gasteiger partial charge is 0.497 e. The standard InChI is InChI=1S/C12H18N2O/c1-3-8-14-12(9-13)10-4-6-11(15-2)7-5-10/h3-7,12,14H,1,8-9,13H2,2H3. The number of nitrogens with two attached hydrogens (primary N) is 1.